The Hall–Kier alpha value is -2.20. The molecule has 1 aliphatic rings. The molecule has 0 unspecified atom stereocenters. The molecule has 1 aliphatic heterocycles. The van der Waals surface area contributed by atoms with Gasteiger partial charge in [-0.3, -0.25) is 9.78 Å². The van der Waals surface area contributed by atoms with Crippen LogP contribution in [0.2, 0.25) is 0 Å². The number of aromatic nitrogens is 1. The minimum atomic E-state index is 0.00126. The normalized spacial score (nSPS) is 21.0. The highest BCUT2D eigenvalue weighted by Crippen LogP contribution is 2.27. The van der Waals surface area contributed by atoms with Crippen molar-refractivity contribution in [1.82, 2.24) is 10.3 Å². The summed E-state index contributed by atoms with van der Waals surface area (Å²) >= 11 is 0. The second-order valence-corrected chi connectivity index (χ2v) is 6.09. The van der Waals surface area contributed by atoms with Crippen LogP contribution >= 0.6 is 0 Å². The molecule has 1 amide bonds. The van der Waals surface area contributed by atoms with Gasteiger partial charge in [-0.2, -0.15) is 0 Å². The van der Waals surface area contributed by atoms with Gasteiger partial charge in [0, 0.05) is 30.6 Å². The molecular formula is C19H22N2O2. The highest BCUT2D eigenvalue weighted by molar-refractivity contribution is 5.96. The van der Waals surface area contributed by atoms with Gasteiger partial charge in [-0.15, -0.1) is 0 Å². The van der Waals surface area contributed by atoms with Crippen molar-refractivity contribution in [3.05, 3.63) is 65.0 Å². The number of rotatable bonds is 3. The second kappa shape index (κ2) is 6.92. The van der Waals surface area contributed by atoms with E-state index in [1.165, 1.54) is 0 Å². The second-order valence-electron chi connectivity index (χ2n) is 6.09. The predicted octanol–water partition coefficient (Wildman–Crippen LogP) is 3.35. The summed E-state index contributed by atoms with van der Waals surface area (Å²) in [5, 5.41) is 3.16. The Morgan fingerprint density at radius 1 is 1.26 bits per heavy atom. The molecule has 1 N–H and O–H groups in total. The number of nitrogens with zero attached hydrogens (tertiary/aromatic N) is 1. The molecule has 0 saturated carbocycles. The first kappa shape index (κ1) is 15.7. The van der Waals surface area contributed by atoms with Crippen LogP contribution < -0.4 is 5.32 Å². The summed E-state index contributed by atoms with van der Waals surface area (Å²) in [4.78, 5) is 16.7. The molecule has 2 heterocycles. The number of benzene rings is 1. The summed E-state index contributed by atoms with van der Waals surface area (Å²) in [7, 11) is 0. The Labute approximate surface area is 136 Å². The van der Waals surface area contributed by atoms with Gasteiger partial charge in [0.25, 0.3) is 5.91 Å². The Bertz CT molecular complexity index is 685. The molecule has 4 nitrogen and oxygen atoms in total. The van der Waals surface area contributed by atoms with Crippen molar-refractivity contribution < 1.29 is 9.53 Å². The number of aryl methyl sites for hydroxylation is 1. The van der Waals surface area contributed by atoms with Gasteiger partial charge < -0.3 is 10.1 Å². The number of amides is 1. The van der Waals surface area contributed by atoms with Crippen molar-refractivity contribution in [3.8, 4) is 0 Å². The van der Waals surface area contributed by atoms with Crippen LogP contribution in [0, 0.1) is 13.8 Å². The van der Waals surface area contributed by atoms with Crippen LogP contribution in [0.5, 0.6) is 0 Å². The molecule has 3 rings (SSSR count). The topological polar surface area (TPSA) is 51.2 Å². The van der Waals surface area contributed by atoms with Gasteiger partial charge >= 0.3 is 0 Å². The minimum Gasteiger partial charge on any atom is -0.373 e. The lowest BCUT2D eigenvalue weighted by Gasteiger charge is -2.30. The molecule has 1 aromatic carbocycles. The fourth-order valence-electron chi connectivity index (χ4n) is 2.99. The first-order chi connectivity index (χ1) is 11.1. The van der Waals surface area contributed by atoms with Crippen molar-refractivity contribution in [1.29, 1.82) is 0 Å². The maximum Gasteiger partial charge on any atom is 0.251 e. The van der Waals surface area contributed by atoms with Crippen molar-refractivity contribution in [2.24, 2.45) is 0 Å². The highest BCUT2D eigenvalue weighted by atomic mass is 16.5. The molecule has 1 fully saturated rings. The molecule has 0 radical (unpaired) electrons. The van der Waals surface area contributed by atoms with Crippen molar-refractivity contribution in [2.75, 3.05) is 6.61 Å². The molecule has 0 aliphatic carbocycles. The lowest BCUT2D eigenvalue weighted by atomic mass is 9.97. The van der Waals surface area contributed by atoms with Crippen LogP contribution in [0.3, 0.4) is 0 Å². The van der Waals surface area contributed by atoms with Gasteiger partial charge in [0.15, 0.2) is 0 Å². The molecule has 120 valence electrons. The van der Waals surface area contributed by atoms with Crippen LogP contribution in [0.4, 0.5) is 0 Å². The quantitative estimate of drug-likeness (QED) is 0.946. The van der Waals surface area contributed by atoms with Crippen LogP contribution in [0.25, 0.3) is 0 Å². The van der Waals surface area contributed by atoms with Gasteiger partial charge in [-0.05, 0) is 55.5 Å². The molecule has 0 spiro atoms. The van der Waals surface area contributed by atoms with Crippen LogP contribution in [-0.2, 0) is 4.74 Å². The third kappa shape index (κ3) is 3.59. The van der Waals surface area contributed by atoms with Gasteiger partial charge in [-0.25, -0.2) is 0 Å². The molecule has 0 bridgehead atoms. The number of nitrogens with one attached hydrogen (secondary N) is 1. The fourth-order valence-corrected chi connectivity index (χ4v) is 2.99. The lowest BCUT2D eigenvalue weighted by Crippen LogP contribution is -2.40. The predicted molar refractivity (Wildman–Crippen MR) is 89.3 cm³/mol. The zero-order valence-electron chi connectivity index (χ0n) is 13.6. The fraction of sp³-hybridized carbons (Fsp3) is 0.368. The summed E-state index contributed by atoms with van der Waals surface area (Å²) in [6.07, 6.45) is 5.21. The Kier molecular flexibility index (Phi) is 4.72. The van der Waals surface area contributed by atoms with E-state index in [4.69, 9.17) is 4.74 Å². The van der Waals surface area contributed by atoms with Gasteiger partial charge in [0.2, 0.25) is 0 Å². The smallest absolute Gasteiger partial charge is 0.251 e. The zero-order chi connectivity index (χ0) is 16.2. The minimum absolute atomic E-state index is 0.00126. The molecule has 2 atom stereocenters. The molecular weight excluding hydrogens is 288 g/mol. The van der Waals surface area contributed by atoms with Gasteiger partial charge in [0.1, 0.15) is 0 Å². The van der Waals surface area contributed by atoms with Crippen molar-refractivity contribution in [2.45, 2.75) is 38.8 Å². The lowest BCUT2D eigenvalue weighted by molar-refractivity contribution is 0.000721. The van der Waals surface area contributed by atoms with Crippen LogP contribution in [0.1, 0.15) is 46.0 Å². The maximum atomic E-state index is 12.6. The Morgan fingerprint density at radius 3 is 2.91 bits per heavy atom. The van der Waals surface area contributed by atoms with E-state index in [2.05, 4.69) is 10.3 Å². The number of hydrogen-bond donors (Lipinski definition) is 1. The van der Waals surface area contributed by atoms with Gasteiger partial charge in [0.05, 0.1) is 6.10 Å². The van der Waals surface area contributed by atoms with E-state index < -0.39 is 0 Å². The molecule has 1 saturated heterocycles. The highest BCUT2D eigenvalue weighted by Gasteiger charge is 2.25. The number of pyridine rings is 1. The van der Waals surface area contributed by atoms with Gasteiger partial charge in [-0.1, -0.05) is 18.2 Å². The Morgan fingerprint density at radius 2 is 2.13 bits per heavy atom. The summed E-state index contributed by atoms with van der Waals surface area (Å²) in [5.74, 6) is 0.00281. The average Bonchev–Trinajstić information content (AvgIpc) is 2.58. The zero-order valence-corrected chi connectivity index (χ0v) is 13.6. The van der Waals surface area contributed by atoms with Crippen molar-refractivity contribution in [3.63, 3.8) is 0 Å². The Balaban J connectivity index is 1.68. The molecule has 1 aromatic heterocycles. The van der Waals surface area contributed by atoms with E-state index in [1.54, 1.807) is 6.20 Å². The van der Waals surface area contributed by atoms with E-state index in [0.717, 1.165) is 35.1 Å². The van der Waals surface area contributed by atoms with Crippen LogP contribution in [0.15, 0.2) is 42.7 Å². The van der Waals surface area contributed by atoms with Crippen LogP contribution in [-0.4, -0.2) is 23.5 Å². The summed E-state index contributed by atoms with van der Waals surface area (Å²) in [5.41, 5.74) is 4.01. The SMILES string of the molecule is Cc1cccc(C(=O)N[C@H]2CCO[C@@H](c3cccnc3)C2)c1C. The number of ether oxygens (including phenoxy) is 1. The summed E-state index contributed by atoms with van der Waals surface area (Å²) in [6, 6.07) is 9.90. The summed E-state index contributed by atoms with van der Waals surface area (Å²) < 4.78 is 5.83. The first-order valence-electron chi connectivity index (χ1n) is 8.04. The monoisotopic (exact) mass is 310 g/mol. The van der Waals surface area contributed by atoms with Crippen molar-refractivity contribution >= 4 is 5.91 Å². The standard InChI is InChI=1S/C19H22N2O2/c1-13-5-3-7-17(14(13)2)19(22)21-16-8-10-23-18(11-16)15-6-4-9-20-12-15/h3-7,9,12,16,18H,8,10-11H2,1-2H3,(H,21,22)/t16-,18+/m0/s1. The number of carbonyl (C=O) groups excluding carboxylic acids is 1. The molecule has 4 heteroatoms. The largest absolute Gasteiger partial charge is 0.373 e. The van der Waals surface area contributed by atoms with E-state index in [0.29, 0.717) is 6.61 Å². The third-order valence-corrected chi connectivity index (χ3v) is 4.52. The third-order valence-electron chi connectivity index (χ3n) is 4.52. The van der Waals surface area contributed by atoms with E-state index in [9.17, 15) is 4.79 Å². The summed E-state index contributed by atoms with van der Waals surface area (Å²) in [6.45, 7) is 4.67. The number of carbonyl (C=O) groups is 1. The van der Waals surface area contributed by atoms with E-state index in [-0.39, 0.29) is 18.1 Å². The number of hydrogen-bond acceptors (Lipinski definition) is 3. The molecule has 2 aromatic rings. The first-order valence-corrected chi connectivity index (χ1v) is 8.04. The van der Waals surface area contributed by atoms with E-state index in [1.807, 2.05) is 50.4 Å². The van der Waals surface area contributed by atoms with E-state index >= 15 is 0 Å². The average molecular weight is 310 g/mol. The molecule has 23 heavy (non-hydrogen) atoms. The maximum absolute atomic E-state index is 12.6.